The van der Waals surface area contributed by atoms with Crippen LogP contribution in [0.3, 0.4) is 0 Å². The molecule has 0 unspecified atom stereocenters. The van der Waals surface area contributed by atoms with Gasteiger partial charge >= 0.3 is 11.7 Å². The second-order valence-corrected chi connectivity index (χ2v) is 4.61. The van der Waals surface area contributed by atoms with Crippen molar-refractivity contribution in [2.75, 3.05) is 12.4 Å². The molecule has 0 bridgehead atoms. The van der Waals surface area contributed by atoms with Crippen LogP contribution in [0.4, 0.5) is 15.8 Å². The van der Waals surface area contributed by atoms with Crippen molar-refractivity contribution < 1.29 is 24.0 Å². The van der Waals surface area contributed by atoms with Crippen LogP contribution in [-0.4, -0.2) is 29.2 Å². The third kappa shape index (κ3) is 3.80. The molecule has 0 spiro atoms. The van der Waals surface area contributed by atoms with Crippen molar-refractivity contribution in [3.05, 3.63) is 28.1 Å². The van der Waals surface area contributed by atoms with Crippen molar-refractivity contribution in [2.24, 2.45) is 5.92 Å². The molecule has 0 fully saturated rings. The average molecular weight is 300 g/mol. The predicted octanol–water partition coefficient (Wildman–Crippen LogP) is 2.65. The van der Waals surface area contributed by atoms with Crippen molar-refractivity contribution in [1.82, 2.24) is 0 Å². The van der Waals surface area contributed by atoms with Crippen LogP contribution in [-0.2, 0) is 4.79 Å². The summed E-state index contributed by atoms with van der Waals surface area (Å²) in [6, 6.07) is 0.790. The van der Waals surface area contributed by atoms with Gasteiger partial charge in [0.25, 0.3) is 0 Å². The maximum Gasteiger partial charge on any atom is 0.326 e. The Bertz CT molecular complexity index is 550. The molecule has 0 aliphatic rings. The summed E-state index contributed by atoms with van der Waals surface area (Å²) in [5.74, 6) is -2.42. The lowest BCUT2D eigenvalue weighted by atomic mass is 9.99. The van der Waals surface area contributed by atoms with Crippen molar-refractivity contribution >= 4 is 17.3 Å². The van der Waals surface area contributed by atoms with Gasteiger partial charge in [0.15, 0.2) is 11.6 Å². The zero-order chi connectivity index (χ0) is 16.2. The molecule has 21 heavy (non-hydrogen) atoms. The molecule has 0 radical (unpaired) electrons. The number of ether oxygens (including phenoxy) is 1. The molecule has 1 aromatic carbocycles. The molecule has 116 valence electrons. The topological polar surface area (TPSA) is 102 Å². The SMILES string of the molecule is CC[C@H](C)[C@H](Nc1cc(OC)c([N+](=O)[O-])cc1F)C(=O)O. The van der Waals surface area contributed by atoms with Crippen LogP contribution in [0.1, 0.15) is 20.3 Å². The minimum Gasteiger partial charge on any atom is -0.490 e. The van der Waals surface area contributed by atoms with E-state index < -0.39 is 28.4 Å². The van der Waals surface area contributed by atoms with Gasteiger partial charge in [0.05, 0.1) is 23.8 Å². The number of benzene rings is 1. The van der Waals surface area contributed by atoms with E-state index >= 15 is 0 Å². The number of halogens is 1. The number of nitro groups is 1. The second-order valence-electron chi connectivity index (χ2n) is 4.61. The summed E-state index contributed by atoms with van der Waals surface area (Å²) in [7, 11) is 1.22. The molecule has 8 heteroatoms. The number of nitrogens with zero attached hydrogens (tertiary/aromatic N) is 1. The van der Waals surface area contributed by atoms with Crippen LogP contribution >= 0.6 is 0 Å². The van der Waals surface area contributed by atoms with Gasteiger partial charge in [0.1, 0.15) is 6.04 Å². The van der Waals surface area contributed by atoms with E-state index in [2.05, 4.69) is 5.32 Å². The molecule has 1 aromatic rings. The van der Waals surface area contributed by atoms with E-state index in [-0.39, 0.29) is 17.4 Å². The summed E-state index contributed by atoms with van der Waals surface area (Å²) in [6.45, 7) is 3.53. The van der Waals surface area contributed by atoms with E-state index in [4.69, 9.17) is 4.74 Å². The van der Waals surface area contributed by atoms with Gasteiger partial charge in [-0.1, -0.05) is 20.3 Å². The number of nitro benzene ring substituents is 1. The van der Waals surface area contributed by atoms with Gasteiger partial charge in [-0.05, 0) is 5.92 Å². The fourth-order valence-corrected chi connectivity index (χ4v) is 1.81. The number of nitrogens with one attached hydrogen (secondary N) is 1. The van der Waals surface area contributed by atoms with E-state index in [1.54, 1.807) is 6.92 Å². The standard InChI is InChI=1S/C13H17FN2O5/c1-4-7(2)12(13(17)18)15-9-6-11(21-3)10(16(19)20)5-8(9)14/h5-7,12,15H,4H2,1-3H3,(H,17,18)/t7-,12-/m0/s1. The molecule has 1 rings (SSSR count). The molecule has 0 aliphatic heterocycles. The summed E-state index contributed by atoms with van der Waals surface area (Å²) in [4.78, 5) is 21.2. The normalized spacial score (nSPS) is 13.3. The summed E-state index contributed by atoms with van der Waals surface area (Å²) >= 11 is 0. The Morgan fingerprint density at radius 2 is 2.19 bits per heavy atom. The van der Waals surface area contributed by atoms with Gasteiger partial charge < -0.3 is 15.2 Å². The monoisotopic (exact) mass is 300 g/mol. The summed E-state index contributed by atoms with van der Waals surface area (Å²) in [6.07, 6.45) is 0.579. The highest BCUT2D eigenvalue weighted by Gasteiger charge is 2.26. The van der Waals surface area contributed by atoms with E-state index in [1.165, 1.54) is 7.11 Å². The fraction of sp³-hybridized carbons (Fsp3) is 0.462. The molecular weight excluding hydrogens is 283 g/mol. The average Bonchev–Trinajstić information content (AvgIpc) is 2.44. The van der Waals surface area contributed by atoms with Gasteiger partial charge in [-0.3, -0.25) is 10.1 Å². The first-order valence-electron chi connectivity index (χ1n) is 6.33. The van der Waals surface area contributed by atoms with Gasteiger partial charge in [-0.25, -0.2) is 9.18 Å². The molecule has 0 aliphatic carbocycles. The third-order valence-electron chi connectivity index (χ3n) is 3.26. The zero-order valence-corrected chi connectivity index (χ0v) is 11.9. The lowest BCUT2D eigenvalue weighted by molar-refractivity contribution is -0.385. The first-order valence-corrected chi connectivity index (χ1v) is 6.33. The predicted molar refractivity (Wildman–Crippen MR) is 74.1 cm³/mol. The number of carboxylic acid groups (broad SMARTS) is 1. The van der Waals surface area contributed by atoms with Crippen molar-refractivity contribution in [3.8, 4) is 5.75 Å². The van der Waals surface area contributed by atoms with Crippen LogP contribution < -0.4 is 10.1 Å². The zero-order valence-electron chi connectivity index (χ0n) is 11.9. The van der Waals surface area contributed by atoms with Crippen molar-refractivity contribution in [3.63, 3.8) is 0 Å². The quantitative estimate of drug-likeness (QED) is 0.593. The molecule has 0 aromatic heterocycles. The van der Waals surface area contributed by atoms with Crippen LogP contribution in [0, 0.1) is 21.8 Å². The highest BCUT2D eigenvalue weighted by atomic mass is 19.1. The van der Waals surface area contributed by atoms with Gasteiger partial charge in [0.2, 0.25) is 0 Å². The van der Waals surface area contributed by atoms with Gasteiger partial charge in [-0.2, -0.15) is 0 Å². The minimum absolute atomic E-state index is 0.141. The first kappa shape index (κ1) is 16.7. The summed E-state index contributed by atoms with van der Waals surface area (Å²) in [5.41, 5.74) is -0.666. The number of anilines is 1. The molecule has 2 N–H and O–H groups in total. The smallest absolute Gasteiger partial charge is 0.326 e. The number of hydrogen-bond donors (Lipinski definition) is 2. The van der Waals surface area contributed by atoms with Crippen molar-refractivity contribution in [1.29, 1.82) is 0 Å². The summed E-state index contributed by atoms with van der Waals surface area (Å²) < 4.78 is 18.7. The molecule has 2 atom stereocenters. The molecule has 0 amide bonds. The molecule has 7 nitrogen and oxygen atoms in total. The van der Waals surface area contributed by atoms with E-state index in [0.29, 0.717) is 12.5 Å². The Morgan fingerprint density at radius 3 is 2.62 bits per heavy atom. The number of hydrogen-bond acceptors (Lipinski definition) is 5. The van der Waals surface area contributed by atoms with E-state index in [9.17, 15) is 24.4 Å². The van der Waals surface area contributed by atoms with Crippen LogP contribution in [0.2, 0.25) is 0 Å². The third-order valence-corrected chi connectivity index (χ3v) is 3.26. The Kier molecular flexibility index (Phi) is 5.45. The van der Waals surface area contributed by atoms with Crippen LogP contribution in [0.15, 0.2) is 12.1 Å². The fourth-order valence-electron chi connectivity index (χ4n) is 1.81. The molecular formula is C13H17FN2O5. The number of rotatable bonds is 7. The van der Waals surface area contributed by atoms with Crippen LogP contribution in [0.5, 0.6) is 5.75 Å². The highest BCUT2D eigenvalue weighted by molar-refractivity contribution is 5.78. The van der Waals surface area contributed by atoms with Gasteiger partial charge in [0, 0.05) is 6.07 Å². The van der Waals surface area contributed by atoms with E-state index in [0.717, 1.165) is 6.07 Å². The largest absolute Gasteiger partial charge is 0.490 e. The lowest BCUT2D eigenvalue weighted by Gasteiger charge is -2.21. The minimum atomic E-state index is -1.12. The first-order chi connectivity index (χ1) is 9.81. The number of aliphatic carboxylic acids is 1. The van der Waals surface area contributed by atoms with Gasteiger partial charge in [-0.15, -0.1) is 0 Å². The Hall–Kier alpha value is -2.38. The number of carboxylic acids is 1. The molecule has 0 saturated heterocycles. The Morgan fingerprint density at radius 1 is 1.57 bits per heavy atom. The van der Waals surface area contributed by atoms with Crippen molar-refractivity contribution in [2.45, 2.75) is 26.3 Å². The summed E-state index contributed by atoms with van der Waals surface area (Å²) in [5, 5.41) is 22.5. The molecule has 0 heterocycles. The maximum absolute atomic E-state index is 13.9. The lowest BCUT2D eigenvalue weighted by Crippen LogP contribution is -2.35. The Labute approximate surface area is 120 Å². The number of methoxy groups -OCH3 is 1. The molecule has 0 saturated carbocycles. The van der Waals surface area contributed by atoms with Crippen LogP contribution in [0.25, 0.3) is 0 Å². The van der Waals surface area contributed by atoms with E-state index in [1.807, 2.05) is 6.92 Å². The highest BCUT2D eigenvalue weighted by Crippen LogP contribution is 2.33. The maximum atomic E-state index is 13.9. The Balaban J connectivity index is 3.18. The second kappa shape index (κ2) is 6.87. The number of carbonyl (C=O) groups is 1.